The predicted molar refractivity (Wildman–Crippen MR) is 82.7 cm³/mol. The van der Waals surface area contributed by atoms with Gasteiger partial charge in [0.15, 0.2) is 6.29 Å². The molecule has 0 aliphatic heterocycles. The first-order valence-corrected chi connectivity index (χ1v) is 7.24. The zero-order chi connectivity index (χ0) is 14.0. The number of benzene rings is 2. The molecule has 2 nitrogen and oxygen atoms in total. The van der Waals surface area contributed by atoms with Crippen LogP contribution in [0.5, 0.6) is 0 Å². The van der Waals surface area contributed by atoms with E-state index in [1.165, 1.54) is 0 Å². The van der Waals surface area contributed by atoms with Crippen molar-refractivity contribution in [2.24, 2.45) is 0 Å². The number of carbonyl (C=O) groups excluding carboxylic acids is 2. The summed E-state index contributed by atoms with van der Waals surface area (Å²) in [6, 6.07) is 10.5. The van der Waals surface area contributed by atoms with Gasteiger partial charge in [-0.2, -0.15) is 0 Å². The van der Waals surface area contributed by atoms with Crippen LogP contribution in [0, 0.1) is 0 Å². The molecule has 0 aliphatic carbocycles. The Morgan fingerprint density at radius 1 is 1.00 bits per heavy atom. The molecule has 0 spiro atoms. The van der Waals surface area contributed by atoms with Crippen molar-refractivity contribution in [2.75, 3.05) is 0 Å². The Labute approximate surface area is 132 Å². The molecule has 0 fully saturated rings. The molecule has 0 saturated carbocycles. The third-order valence-corrected chi connectivity index (χ3v) is 4.13. The fourth-order valence-corrected chi connectivity index (χ4v) is 3.15. The Morgan fingerprint density at radius 3 is 2.11 bits per heavy atom. The van der Waals surface area contributed by atoms with E-state index in [0.717, 1.165) is 20.1 Å². The van der Waals surface area contributed by atoms with E-state index in [1.54, 1.807) is 30.3 Å². The van der Waals surface area contributed by atoms with Gasteiger partial charge in [-0.15, -0.1) is 0 Å². The van der Waals surface area contributed by atoms with Gasteiger partial charge in [-0.05, 0) is 29.3 Å². The number of ketones is 1. The molecule has 0 aliphatic rings. The Balaban J connectivity index is 2.52. The maximum absolute atomic E-state index is 11.3. The summed E-state index contributed by atoms with van der Waals surface area (Å²) in [5.41, 5.74) is 2.21. The second kappa shape index (κ2) is 5.99. The molecule has 0 unspecified atom stereocenters. The van der Waals surface area contributed by atoms with Crippen molar-refractivity contribution in [2.45, 2.75) is 0 Å². The number of carbonyl (C=O) groups is 2. The lowest BCUT2D eigenvalue weighted by molar-refractivity contribution is -0.104. The maximum Gasteiger partial charge on any atom is 0.225 e. The molecule has 0 N–H and O–H groups in total. The quantitative estimate of drug-likeness (QED) is 0.415. The van der Waals surface area contributed by atoms with Gasteiger partial charge >= 0.3 is 0 Å². The number of hydrogen-bond acceptors (Lipinski definition) is 2. The third-order valence-electron chi connectivity index (χ3n) is 2.58. The SMILES string of the molecule is O=CC(=O)c1ccc(-c2ccc(Cl)cc2Br)c(Br)c1. The van der Waals surface area contributed by atoms with Crippen LogP contribution in [0.3, 0.4) is 0 Å². The Morgan fingerprint density at radius 2 is 1.58 bits per heavy atom. The average molecular weight is 402 g/mol. The fourth-order valence-electron chi connectivity index (χ4n) is 1.66. The standard InChI is InChI=1S/C14H7Br2ClO2/c15-12-5-8(14(19)7-18)1-3-10(12)11-4-2-9(17)6-13(11)16/h1-7H. The van der Waals surface area contributed by atoms with Crippen LogP contribution in [-0.2, 0) is 4.79 Å². The van der Waals surface area contributed by atoms with E-state index in [1.807, 2.05) is 6.07 Å². The lowest BCUT2D eigenvalue weighted by Crippen LogP contribution is -1.99. The van der Waals surface area contributed by atoms with Crippen LogP contribution in [0.4, 0.5) is 0 Å². The first-order chi connectivity index (χ1) is 9.02. The number of aldehydes is 1. The van der Waals surface area contributed by atoms with E-state index in [2.05, 4.69) is 31.9 Å². The third kappa shape index (κ3) is 3.14. The zero-order valence-electron chi connectivity index (χ0n) is 9.49. The smallest absolute Gasteiger partial charge is 0.225 e. The average Bonchev–Trinajstić information content (AvgIpc) is 2.38. The van der Waals surface area contributed by atoms with Crippen molar-refractivity contribution in [3.05, 3.63) is 55.9 Å². The van der Waals surface area contributed by atoms with Gasteiger partial charge in [0.2, 0.25) is 5.78 Å². The lowest BCUT2D eigenvalue weighted by Gasteiger charge is -2.08. The highest BCUT2D eigenvalue weighted by molar-refractivity contribution is 9.11. The van der Waals surface area contributed by atoms with E-state index in [9.17, 15) is 9.59 Å². The topological polar surface area (TPSA) is 34.1 Å². The van der Waals surface area contributed by atoms with E-state index in [-0.39, 0.29) is 0 Å². The van der Waals surface area contributed by atoms with E-state index >= 15 is 0 Å². The summed E-state index contributed by atoms with van der Waals surface area (Å²) in [5, 5.41) is 0.638. The molecule has 5 heteroatoms. The van der Waals surface area contributed by atoms with Crippen LogP contribution in [-0.4, -0.2) is 12.1 Å². The molecular weight excluding hydrogens is 395 g/mol. The van der Waals surface area contributed by atoms with Crippen LogP contribution in [0.15, 0.2) is 45.3 Å². The summed E-state index contributed by atoms with van der Waals surface area (Å²) in [4.78, 5) is 21.8. The minimum Gasteiger partial charge on any atom is -0.294 e. The Bertz CT molecular complexity index is 668. The van der Waals surface area contributed by atoms with Gasteiger partial charge in [0, 0.05) is 19.5 Å². The van der Waals surface area contributed by atoms with Gasteiger partial charge in [0.1, 0.15) is 0 Å². The highest BCUT2D eigenvalue weighted by Crippen LogP contribution is 2.35. The molecule has 19 heavy (non-hydrogen) atoms. The fraction of sp³-hybridized carbons (Fsp3) is 0. The van der Waals surface area contributed by atoms with Crippen molar-refractivity contribution < 1.29 is 9.59 Å². The summed E-state index contributed by atoms with van der Waals surface area (Å²) >= 11 is 12.8. The molecule has 96 valence electrons. The Hall–Kier alpha value is -0.970. The number of Topliss-reactive ketones (excluding diaryl/α,β-unsaturated/α-hetero) is 1. The summed E-state index contributed by atoms with van der Waals surface area (Å²) in [6.45, 7) is 0. The highest BCUT2D eigenvalue weighted by atomic mass is 79.9. The van der Waals surface area contributed by atoms with Crippen molar-refractivity contribution in [1.29, 1.82) is 0 Å². The largest absolute Gasteiger partial charge is 0.294 e. The lowest BCUT2D eigenvalue weighted by atomic mass is 10.0. The van der Waals surface area contributed by atoms with E-state index in [4.69, 9.17) is 11.6 Å². The first kappa shape index (κ1) is 14.4. The zero-order valence-corrected chi connectivity index (χ0v) is 13.4. The summed E-state index contributed by atoms with van der Waals surface area (Å²) in [7, 11) is 0. The number of halogens is 3. The van der Waals surface area contributed by atoms with Gasteiger partial charge in [-0.3, -0.25) is 9.59 Å². The first-order valence-electron chi connectivity index (χ1n) is 5.27. The summed E-state index contributed by atoms with van der Waals surface area (Å²) in [6.07, 6.45) is 0.305. The maximum atomic E-state index is 11.3. The molecule has 0 radical (unpaired) electrons. The molecule has 2 aromatic rings. The molecule has 0 bridgehead atoms. The van der Waals surface area contributed by atoms with Crippen molar-refractivity contribution in [3.63, 3.8) is 0 Å². The highest BCUT2D eigenvalue weighted by Gasteiger charge is 2.11. The molecule has 0 saturated heterocycles. The number of hydrogen-bond donors (Lipinski definition) is 0. The molecule has 0 atom stereocenters. The van der Waals surface area contributed by atoms with Gasteiger partial charge < -0.3 is 0 Å². The molecule has 2 aromatic carbocycles. The van der Waals surface area contributed by atoms with Crippen LogP contribution in [0.25, 0.3) is 11.1 Å². The summed E-state index contributed by atoms with van der Waals surface area (Å²) in [5.74, 6) is -0.539. The van der Waals surface area contributed by atoms with Gasteiger partial charge in [0.25, 0.3) is 0 Å². The van der Waals surface area contributed by atoms with Gasteiger partial charge in [-0.1, -0.05) is 61.7 Å². The normalized spacial score (nSPS) is 10.3. The molecule has 2 rings (SSSR count). The van der Waals surface area contributed by atoms with Gasteiger partial charge in [-0.25, -0.2) is 0 Å². The summed E-state index contributed by atoms with van der Waals surface area (Å²) < 4.78 is 1.60. The molecule has 0 aromatic heterocycles. The van der Waals surface area contributed by atoms with Crippen molar-refractivity contribution in [3.8, 4) is 11.1 Å². The van der Waals surface area contributed by atoms with Crippen molar-refractivity contribution in [1.82, 2.24) is 0 Å². The van der Waals surface area contributed by atoms with Crippen LogP contribution >= 0.6 is 43.5 Å². The molecule has 0 heterocycles. The number of rotatable bonds is 3. The van der Waals surface area contributed by atoms with E-state index in [0.29, 0.717) is 16.9 Å². The van der Waals surface area contributed by atoms with Crippen LogP contribution < -0.4 is 0 Å². The molecular formula is C14H7Br2ClO2. The Kier molecular flexibility index (Phi) is 4.55. The van der Waals surface area contributed by atoms with Crippen LogP contribution in [0.2, 0.25) is 5.02 Å². The predicted octanol–water partition coefficient (Wildman–Crippen LogP) is 4.91. The molecule has 0 amide bonds. The second-order valence-corrected chi connectivity index (χ2v) is 5.95. The minimum absolute atomic E-state index is 0.305. The van der Waals surface area contributed by atoms with Gasteiger partial charge in [0.05, 0.1) is 0 Å². The second-order valence-electron chi connectivity index (χ2n) is 3.80. The van der Waals surface area contributed by atoms with E-state index < -0.39 is 5.78 Å². The van der Waals surface area contributed by atoms with Crippen LogP contribution in [0.1, 0.15) is 10.4 Å². The van der Waals surface area contributed by atoms with Crippen molar-refractivity contribution >= 4 is 55.5 Å². The minimum atomic E-state index is -0.539. The monoisotopic (exact) mass is 400 g/mol.